The van der Waals surface area contributed by atoms with Crippen LogP contribution in [0.5, 0.6) is 0 Å². The predicted octanol–water partition coefficient (Wildman–Crippen LogP) is 2.54. The molecular weight excluding hydrogens is 312 g/mol. The normalized spacial score (nSPS) is 32.6. The van der Waals surface area contributed by atoms with Crippen LogP contribution in [0.25, 0.3) is 0 Å². The van der Waals surface area contributed by atoms with Crippen LogP contribution in [0, 0.1) is 23.7 Å². The number of alkyl halides is 1. The molecule has 0 heterocycles. The summed E-state index contributed by atoms with van der Waals surface area (Å²) in [7, 11) is 0. The fourth-order valence-electron chi connectivity index (χ4n) is 3.60. The molecule has 2 fully saturated rings. The summed E-state index contributed by atoms with van der Waals surface area (Å²) >= 11 is 3.69. The Morgan fingerprint density at radius 2 is 1.63 bits per heavy atom. The van der Waals surface area contributed by atoms with Gasteiger partial charge in [0.25, 0.3) is 0 Å². The van der Waals surface area contributed by atoms with E-state index < -0.39 is 17.9 Å². The second-order valence-electron chi connectivity index (χ2n) is 5.34. The van der Waals surface area contributed by atoms with Crippen LogP contribution >= 0.6 is 15.9 Å². The molecule has 0 aromatic carbocycles. The molecule has 4 nitrogen and oxygen atoms in total. The van der Waals surface area contributed by atoms with E-state index in [1.165, 1.54) is 6.42 Å². The Bertz CT molecular complexity index is 337. The molecule has 2 saturated carbocycles. The molecule has 0 amide bonds. The van der Waals surface area contributed by atoms with Crippen molar-refractivity contribution in [3.8, 4) is 0 Å². The van der Waals surface area contributed by atoms with Gasteiger partial charge in [0.15, 0.2) is 5.92 Å². The number of carbonyl (C=O) groups is 2. The molecule has 2 rings (SSSR count). The van der Waals surface area contributed by atoms with E-state index in [0.29, 0.717) is 25.0 Å². The summed E-state index contributed by atoms with van der Waals surface area (Å²) in [5.41, 5.74) is 0. The minimum atomic E-state index is -0.764. The van der Waals surface area contributed by atoms with Gasteiger partial charge in [-0.2, -0.15) is 0 Å². The minimum Gasteiger partial charge on any atom is -0.465 e. The molecular formula is C14H21BrO4. The Kier molecular flexibility index (Phi) is 4.87. The smallest absolute Gasteiger partial charge is 0.320 e. The van der Waals surface area contributed by atoms with Crippen molar-refractivity contribution in [1.82, 2.24) is 0 Å². The van der Waals surface area contributed by atoms with E-state index in [2.05, 4.69) is 15.9 Å². The number of halogens is 1. The van der Waals surface area contributed by atoms with E-state index >= 15 is 0 Å². The van der Waals surface area contributed by atoms with Crippen molar-refractivity contribution in [1.29, 1.82) is 0 Å². The summed E-state index contributed by atoms with van der Waals surface area (Å²) in [6.07, 6.45) is 3.40. The van der Waals surface area contributed by atoms with Gasteiger partial charge < -0.3 is 9.47 Å². The predicted molar refractivity (Wildman–Crippen MR) is 73.8 cm³/mol. The fraction of sp³-hybridized carbons (Fsp3) is 0.857. The standard InChI is InChI=1S/C14H21BrO4/c1-3-18-13(16)11(14(17)19-4-2)10-8-5-6-9(7-8)12(10)15/h8-12H,3-7H2,1-2H3. The maximum absolute atomic E-state index is 12.1. The monoisotopic (exact) mass is 332 g/mol. The Labute approximate surface area is 122 Å². The lowest BCUT2D eigenvalue weighted by molar-refractivity contribution is -0.165. The molecule has 0 aliphatic heterocycles. The maximum atomic E-state index is 12.1. The van der Waals surface area contributed by atoms with Crippen LogP contribution in [0.2, 0.25) is 0 Å². The zero-order chi connectivity index (χ0) is 14.0. The van der Waals surface area contributed by atoms with Gasteiger partial charge in [-0.05, 0) is 50.9 Å². The van der Waals surface area contributed by atoms with E-state index in [1.807, 2.05) is 0 Å². The van der Waals surface area contributed by atoms with Crippen molar-refractivity contribution in [3.63, 3.8) is 0 Å². The van der Waals surface area contributed by atoms with E-state index in [1.54, 1.807) is 13.8 Å². The van der Waals surface area contributed by atoms with E-state index in [-0.39, 0.29) is 10.7 Å². The molecule has 2 aliphatic rings. The highest BCUT2D eigenvalue weighted by molar-refractivity contribution is 9.09. The molecule has 0 N–H and O–H groups in total. The molecule has 0 radical (unpaired) electrons. The first-order valence-corrected chi connectivity index (χ1v) is 7.99. The molecule has 0 aromatic rings. The molecule has 5 heteroatoms. The molecule has 108 valence electrons. The molecule has 2 aliphatic carbocycles. The van der Waals surface area contributed by atoms with E-state index in [4.69, 9.17) is 9.47 Å². The van der Waals surface area contributed by atoms with Crippen molar-refractivity contribution in [2.45, 2.75) is 37.9 Å². The molecule has 2 bridgehead atoms. The molecule has 0 spiro atoms. The third-order valence-electron chi connectivity index (χ3n) is 4.34. The van der Waals surface area contributed by atoms with Gasteiger partial charge in [-0.1, -0.05) is 15.9 Å². The first-order valence-electron chi connectivity index (χ1n) is 7.07. The Hall–Kier alpha value is -0.580. The van der Waals surface area contributed by atoms with Gasteiger partial charge in [0, 0.05) is 4.83 Å². The molecule has 4 unspecified atom stereocenters. The lowest BCUT2D eigenvalue weighted by Crippen LogP contribution is -2.41. The summed E-state index contributed by atoms with van der Waals surface area (Å²) in [6, 6.07) is 0. The second-order valence-corrected chi connectivity index (χ2v) is 6.39. The van der Waals surface area contributed by atoms with Crippen LogP contribution in [0.4, 0.5) is 0 Å². The number of hydrogen-bond acceptors (Lipinski definition) is 4. The van der Waals surface area contributed by atoms with Crippen LogP contribution in [-0.2, 0) is 19.1 Å². The summed E-state index contributed by atoms with van der Waals surface area (Å²) < 4.78 is 10.2. The number of fused-ring (bicyclic) bond motifs is 2. The highest BCUT2D eigenvalue weighted by Crippen LogP contribution is 2.54. The lowest BCUT2D eigenvalue weighted by Gasteiger charge is -2.31. The highest BCUT2D eigenvalue weighted by Gasteiger charge is 2.54. The summed E-state index contributed by atoms with van der Waals surface area (Å²) in [5, 5.41) is 0. The van der Waals surface area contributed by atoms with Crippen molar-refractivity contribution in [3.05, 3.63) is 0 Å². The molecule has 19 heavy (non-hydrogen) atoms. The van der Waals surface area contributed by atoms with Crippen molar-refractivity contribution >= 4 is 27.9 Å². The first kappa shape index (κ1) is 14.8. The third-order valence-corrected chi connectivity index (χ3v) is 5.70. The molecule has 0 aromatic heterocycles. The minimum absolute atomic E-state index is 0.0249. The van der Waals surface area contributed by atoms with Crippen LogP contribution in [0.1, 0.15) is 33.1 Å². The van der Waals surface area contributed by atoms with Gasteiger partial charge in [-0.25, -0.2) is 0 Å². The van der Waals surface area contributed by atoms with E-state index in [0.717, 1.165) is 12.8 Å². The van der Waals surface area contributed by atoms with Crippen LogP contribution < -0.4 is 0 Å². The van der Waals surface area contributed by atoms with Crippen molar-refractivity contribution in [2.75, 3.05) is 13.2 Å². The quantitative estimate of drug-likeness (QED) is 0.441. The van der Waals surface area contributed by atoms with Crippen LogP contribution in [-0.4, -0.2) is 30.0 Å². The van der Waals surface area contributed by atoms with Gasteiger partial charge in [0.1, 0.15) is 0 Å². The Morgan fingerprint density at radius 1 is 1.11 bits per heavy atom. The number of ether oxygens (including phenoxy) is 2. The van der Waals surface area contributed by atoms with Gasteiger partial charge in [-0.3, -0.25) is 9.59 Å². The van der Waals surface area contributed by atoms with Crippen LogP contribution in [0.15, 0.2) is 0 Å². The second kappa shape index (κ2) is 6.25. The topological polar surface area (TPSA) is 52.6 Å². The summed E-state index contributed by atoms with van der Waals surface area (Å²) in [4.78, 5) is 24.5. The number of hydrogen-bond donors (Lipinski definition) is 0. The largest absolute Gasteiger partial charge is 0.465 e. The third kappa shape index (κ3) is 2.81. The maximum Gasteiger partial charge on any atom is 0.320 e. The molecule has 0 saturated heterocycles. The molecule has 4 atom stereocenters. The van der Waals surface area contributed by atoms with Crippen molar-refractivity contribution < 1.29 is 19.1 Å². The van der Waals surface area contributed by atoms with Gasteiger partial charge in [-0.15, -0.1) is 0 Å². The zero-order valence-electron chi connectivity index (χ0n) is 11.4. The first-order chi connectivity index (χ1) is 9.10. The number of rotatable bonds is 5. The average molecular weight is 333 g/mol. The van der Waals surface area contributed by atoms with E-state index in [9.17, 15) is 9.59 Å². The average Bonchev–Trinajstić information content (AvgIpc) is 2.93. The Balaban J connectivity index is 2.17. The SMILES string of the molecule is CCOC(=O)C(C(=O)OCC)C1C2CCC(C2)C1Br. The van der Waals surface area contributed by atoms with Crippen LogP contribution in [0.3, 0.4) is 0 Å². The van der Waals surface area contributed by atoms with Gasteiger partial charge in [0.2, 0.25) is 0 Å². The Morgan fingerprint density at radius 3 is 2.05 bits per heavy atom. The number of carbonyl (C=O) groups excluding carboxylic acids is 2. The fourth-order valence-corrected chi connectivity index (χ4v) is 4.81. The zero-order valence-corrected chi connectivity index (χ0v) is 13.0. The summed E-state index contributed by atoms with van der Waals surface area (Å²) in [5.74, 6) is -0.572. The van der Waals surface area contributed by atoms with Gasteiger partial charge in [0.05, 0.1) is 13.2 Å². The summed E-state index contributed by atoms with van der Waals surface area (Å²) in [6.45, 7) is 4.10. The van der Waals surface area contributed by atoms with Gasteiger partial charge >= 0.3 is 11.9 Å². The highest BCUT2D eigenvalue weighted by atomic mass is 79.9. The van der Waals surface area contributed by atoms with Crippen molar-refractivity contribution in [2.24, 2.45) is 23.7 Å². The number of esters is 2. The lowest BCUT2D eigenvalue weighted by atomic mass is 9.79.